The number of amides is 1. The maximum Gasteiger partial charge on any atom is 0.256 e. The monoisotopic (exact) mass is 344 g/mol. The van der Waals surface area contributed by atoms with Gasteiger partial charge in [0.15, 0.2) is 9.84 Å². The Kier molecular flexibility index (Phi) is 4.57. The van der Waals surface area contributed by atoms with E-state index in [4.69, 9.17) is 0 Å². The van der Waals surface area contributed by atoms with Crippen molar-refractivity contribution in [2.24, 2.45) is 0 Å². The molecular weight excluding hydrogens is 324 g/mol. The van der Waals surface area contributed by atoms with Gasteiger partial charge in [-0.2, -0.15) is 0 Å². The maximum absolute atomic E-state index is 12.5. The highest BCUT2D eigenvalue weighted by Crippen LogP contribution is 2.24. The molecule has 0 aromatic heterocycles. The molecule has 6 heteroatoms. The van der Waals surface area contributed by atoms with Crippen molar-refractivity contribution in [3.63, 3.8) is 0 Å². The van der Waals surface area contributed by atoms with Crippen molar-refractivity contribution in [3.8, 4) is 0 Å². The molecule has 1 heterocycles. The number of rotatable bonds is 4. The minimum absolute atomic E-state index is 0.0400. The van der Waals surface area contributed by atoms with Crippen LogP contribution < -0.4 is 10.2 Å². The lowest BCUT2D eigenvalue weighted by Crippen LogP contribution is -2.19. The molecule has 2 aromatic carbocycles. The molecule has 2 aromatic rings. The lowest BCUT2D eigenvalue weighted by molar-refractivity contribution is 0.102. The van der Waals surface area contributed by atoms with Crippen molar-refractivity contribution >= 4 is 27.1 Å². The smallest absolute Gasteiger partial charge is 0.256 e. The Morgan fingerprint density at radius 1 is 1.04 bits per heavy atom. The van der Waals surface area contributed by atoms with Crippen LogP contribution in [0.5, 0.6) is 0 Å². The van der Waals surface area contributed by atoms with Crippen molar-refractivity contribution in [2.45, 2.75) is 17.7 Å². The van der Waals surface area contributed by atoms with Crippen LogP contribution in [0.3, 0.4) is 0 Å². The Morgan fingerprint density at radius 3 is 2.46 bits per heavy atom. The summed E-state index contributed by atoms with van der Waals surface area (Å²) in [6.45, 7) is 2.04. The van der Waals surface area contributed by atoms with Crippen LogP contribution >= 0.6 is 0 Å². The van der Waals surface area contributed by atoms with E-state index in [0.29, 0.717) is 5.69 Å². The van der Waals surface area contributed by atoms with Gasteiger partial charge in [-0.25, -0.2) is 8.42 Å². The minimum Gasteiger partial charge on any atom is -0.371 e. The van der Waals surface area contributed by atoms with Crippen molar-refractivity contribution in [1.29, 1.82) is 0 Å². The second-order valence-corrected chi connectivity index (χ2v) is 7.95. The zero-order valence-electron chi connectivity index (χ0n) is 13.5. The van der Waals surface area contributed by atoms with Crippen molar-refractivity contribution < 1.29 is 13.2 Å². The van der Waals surface area contributed by atoms with Crippen LogP contribution in [0.25, 0.3) is 0 Å². The van der Waals surface area contributed by atoms with E-state index < -0.39 is 15.7 Å². The van der Waals surface area contributed by atoms with Crippen LogP contribution in [-0.4, -0.2) is 33.7 Å². The summed E-state index contributed by atoms with van der Waals surface area (Å²) in [5.74, 6) is -0.422. The molecule has 0 saturated carbocycles. The summed E-state index contributed by atoms with van der Waals surface area (Å²) in [5.41, 5.74) is 1.89. The van der Waals surface area contributed by atoms with Gasteiger partial charge in [0.05, 0.1) is 10.5 Å². The molecule has 1 fully saturated rings. The first kappa shape index (κ1) is 16.5. The number of anilines is 2. The molecule has 0 spiro atoms. The number of carbonyl (C=O) groups is 1. The highest BCUT2D eigenvalue weighted by Gasteiger charge is 2.18. The quantitative estimate of drug-likeness (QED) is 0.926. The Balaban J connectivity index is 1.84. The summed E-state index contributed by atoms with van der Waals surface area (Å²) in [7, 11) is -3.46. The van der Waals surface area contributed by atoms with E-state index in [1.165, 1.54) is 25.0 Å². The van der Waals surface area contributed by atoms with Crippen LogP contribution in [-0.2, 0) is 9.84 Å². The van der Waals surface area contributed by atoms with Crippen molar-refractivity contribution in [1.82, 2.24) is 0 Å². The van der Waals surface area contributed by atoms with Crippen LogP contribution in [0, 0.1) is 0 Å². The van der Waals surface area contributed by atoms with Crippen LogP contribution in [0.15, 0.2) is 53.4 Å². The van der Waals surface area contributed by atoms with E-state index in [1.807, 2.05) is 18.2 Å². The standard InChI is InChI=1S/C18H20N2O3S/c1-24(22,23)17-10-3-2-9-16(17)18(21)19-14-7-6-8-15(13-14)20-11-4-5-12-20/h2-3,6-10,13H,4-5,11-12H2,1H3,(H,19,21). The first-order valence-electron chi connectivity index (χ1n) is 7.90. The van der Waals surface area contributed by atoms with Crippen molar-refractivity contribution in [3.05, 3.63) is 54.1 Å². The molecule has 0 aliphatic carbocycles. The number of hydrogen-bond acceptors (Lipinski definition) is 4. The van der Waals surface area contributed by atoms with Gasteiger partial charge in [0.1, 0.15) is 0 Å². The molecule has 1 aliphatic rings. The normalized spacial score (nSPS) is 14.6. The van der Waals surface area contributed by atoms with Crippen LogP contribution in [0.2, 0.25) is 0 Å². The first-order valence-corrected chi connectivity index (χ1v) is 9.80. The fourth-order valence-electron chi connectivity index (χ4n) is 2.93. The lowest BCUT2D eigenvalue weighted by atomic mass is 10.2. The summed E-state index contributed by atoms with van der Waals surface area (Å²) in [5, 5.41) is 2.80. The minimum atomic E-state index is -3.46. The average Bonchev–Trinajstić information content (AvgIpc) is 3.09. The second-order valence-electron chi connectivity index (χ2n) is 5.97. The van der Waals surface area contributed by atoms with Gasteiger partial charge in [-0.15, -0.1) is 0 Å². The molecule has 1 amide bonds. The lowest BCUT2D eigenvalue weighted by Gasteiger charge is -2.18. The Morgan fingerprint density at radius 2 is 1.75 bits per heavy atom. The van der Waals surface area contributed by atoms with Gasteiger partial charge >= 0.3 is 0 Å². The molecule has 1 saturated heterocycles. The van der Waals surface area contributed by atoms with Crippen LogP contribution in [0.1, 0.15) is 23.2 Å². The summed E-state index contributed by atoms with van der Waals surface area (Å²) in [4.78, 5) is 14.8. The second kappa shape index (κ2) is 6.65. The van der Waals surface area contributed by atoms with Gasteiger partial charge in [-0.3, -0.25) is 4.79 Å². The largest absolute Gasteiger partial charge is 0.371 e. The molecule has 3 rings (SSSR count). The zero-order valence-corrected chi connectivity index (χ0v) is 14.3. The molecule has 5 nitrogen and oxygen atoms in total. The predicted molar refractivity (Wildman–Crippen MR) is 95.4 cm³/mol. The molecule has 126 valence electrons. The van der Waals surface area contributed by atoms with E-state index in [0.717, 1.165) is 25.0 Å². The highest BCUT2D eigenvalue weighted by molar-refractivity contribution is 7.90. The third-order valence-electron chi connectivity index (χ3n) is 4.11. The SMILES string of the molecule is CS(=O)(=O)c1ccccc1C(=O)Nc1cccc(N2CCCC2)c1. The number of hydrogen-bond donors (Lipinski definition) is 1. The van der Waals surface area contributed by atoms with E-state index in [2.05, 4.69) is 10.2 Å². The van der Waals surface area contributed by atoms with E-state index in [1.54, 1.807) is 18.2 Å². The number of carbonyl (C=O) groups excluding carboxylic acids is 1. The van der Waals surface area contributed by atoms with Gasteiger partial charge in [0.2, 0.25) is 0 Å². The molecule has 0 unspecified atom stereocenters. The molecular formula is C18H20N2O3S. The predicted octanol–water partition coefficient (Wildman–Crippen LogP) is 2.94. The number of nitrogens with one attached hydrogen (secondary N) is 1. The van der Waals surface area contributed by atoms with Gasteiger partial charge in [-0.1, -0.05) is 18.2 Å². The highest BCUT2D eigenvalue weighted by atomic mass is 32.2. The van der Waals surface area contributed by atoms with Gasteiger partial charge in [-0.05, 0) is 43.2 Å². The Bertz CT molecular complexity index is 856. The molecule has 0 atom stereocenters. The number of benzene rings is 2. The molecule has 0 radical (unpaired) electrons. The van der Waals surface area contributed by atoms with Gasteiger partial charge in [0.25, 0.3) is 5.91 Å². The summed E-state index contributed by atoms with van der Waals surface area (Å²) in [6, 6.07) is 13.9. The van der Waals surface area contributed by atoms with E-state index >= 15 is 0 Å². The molecule has 1 aliphatic heterocycles. The van der Waals surface area contributed by atoms with E-state index in [9.17, 15) is 13.2 Å². The number of sulfone groups is 1. The molecule has 24 heavy (non-hydrogen) atoms. The number of nitrogens with zero attached hydrogens (tertiary/aromatic N) is 1. The Labute approximate surface area is 142 Å². The topological polar surface area (TPSA) is 66.5 Å². The average molecular weight is 344 g/mol. The van der Waals surface area contributed by atoms with Crippen molar-refractivity contribution in [2.75, 3.05) is 29.6 Å². The maximum atomic E-state index is 12.5. The summed E-state index contributed by atoms with van der Waals surface area (Å²) in [6.07, 6.45) is 3.46. The summed E-state index contributed by atoms with van der Waals surface area (Å²) < 4.78 is 23.7. The van der Waals surface area contributed by atoms with Crippen LogP contribution in [0.4, 0.5) is 11.4 Å². The fourth-order valence-corrected chi connectivity index (χ4v) is 3.82. The molecule has 1 N–H and O–H groups in total. The van der Waals surface area contributed by atoms with E-state index in [-0.39, 0.29) is 10.5 Å². The summed E-state index contributed by atoms with van der Waals surface area (Å²) >= 11 is 0. The third kappa shape index (κ3) is 3.59. The zero-order chi connectivity index (χ0) is 17.2. The van der Waals surface area contributed by atoms with Gasteiger partial charge < -0.3 is 10.2 Å². The van der Waals surface area contributed by atoms with Gasteiger partial charge in [0, 0.05) is 30.7 Å². The fraction of sp³-hybridized carbons (Fsp3) is 0.278. The molecule has 0 bridgehead atoms. The Hall–Kier alpha value is -2.34. The third-order valence-corrected chi connectivity index (χ3v) is 5.26. The first-order chi connectivity index (χ1) is 11.4.